The second kappa shape index (κ2) is 12.4. The lowest BCUT2D eigenvalue weighted by Crippen LogP contribution is -2.52. The van der Waals surface area contributed by atoms with Crippen molar-refractivity contribution in [3.05, 3.63) is 57.6 Å². The monoisotopic (exact) mass is 569 g/mol. The number of methoxy groups -OCH3 is 1. The van der Waals surface area contributed by atoms with Gasteiger partial charge in [-0.05, 0) is 62.1 Å². The van der Waals surface area contributed by atoms with E-state index in [1.165, 1.54) is 12.0 Å². The standard InChI is InChI=1S/C26H33Cl2N3O5S/c1-17-9-12-24(36-3)23(13-17)31(37(4,34)35)16-25(32)30(15-19-10-11-21(27)22(28)14-19)18(2)26(33)29-20-7-5-6-8-20/h9-14,18,20H,5-8,15-16H2,1-4H3,(H,29,33)/t18-/m0/s1. The van der Waals surface area contributed by atoms with E-state index in [1.807, 2.05) is 6.92 Å². The number of sulfonamides is 1. The van der Waals surface area contributed by atoms with E-state index in [4.69, 9.17) is 27.9 Å². The van der Waals surface area contributed by atoms with Crippen LogP contribution < -0.4 is 14.4 Å². The molecule has 0 heterocycles. The van der Waals surface area contributed by atoms with Crippen molar-refractivity contribution < 1.29 is 22.7 Å². The maximum atomic E-state index is 13.7. The van der Waals surface area contributed by atoms with Crippen LogP contribution in [0.5, 0.6) is 5.75 Å². The summed E-state index contributed by atoms with van der Waals surface area (Å²) in [6.07, 6.45) is 4.92. The molecule has 2 amide bonds. The van der Waals surface area contributed by atoms with Crippen LogP contribution in [0.3, 0.4) is 0 Å². The molecular weight excluding hydrogens is 537 g/mol. The molecule has 0 spiro atoms. The minimum Gasteiger partial charge on any atom is -0.495 e. The molecule has 0 aromatic heterocycles. The van der Waals surface area contributed by atoms with Crippen LogP contribution in [0, 0.1) is 6.92 Å². The van der Waals surface area contributed by atoms with Gasteiger partial charge in [0.2, 0.25) is 21.8 Å². The molecular formula is C26H33Cl2N3O5S. The van der Waals surface area contributed by atoms with E-state index >= 15 is 0 Å². The van der Waals surface area contributed by atoms with Gasteiger partial charge < -0.3 is 15.0 Å². The van der Waals surface area contributed by atoms with Gasteiger partial charge in [-0.15, -0.1) is 0 Å². The molecule has 1 fully saturated rings. The van der Waals surface area contributed by atoms with Crippen LogP contribution in [-0.2, 0) is 26.2 Å². The van der Waals surface area contributed by atoms with Crippen LogP contribution in [0.15, 0.2) is 36.4 Å². The van der Waals surface area contributed by atoms with Crippen molar-refractivity contribution in [1.82, 2.24) is 10.2 Å². The predicted octanol–water partition coefficient (Wildman–Crippen LogP) is 4.55. The summed E-state index contributed by atoms with van der Waals surface area (Å²) in [5, 5.41) is 3.71. The minimum atomic E-state index is -3.88. The number of ether oxygens (including phenoxy) is 1. The molecule has 1 N–H and O–H groups in total. The topological polar surface area (TPSA) is 96.0 Å². The number of aryl methyl sites for hydroxylation is 1. The third-order valence-corrected chi connectivity index (χ3v) is 8.35. The molecule has 0 saturated heterocycles. The number of benzene rings is 2. The molecule has 3 rings (SSSR count). The van der Waals surface area contributed by atoms with E-state index in [0.29, 0.717) is 21.4 Å². The molecule has 1 aliphatic carbocycles. The number of hydrogen-bond donors (Lipinski definition) is 1. The minimum absolute atomic E-state index is 0.0392. The summed E-state index contributed by atoms with van der Waals surface area (Å²) in [4.78, 5) is 28.3. The summed E-state index contributed by atoms with van der Waals surface area (Å²) >= 11 is 12.2. The summed E-state index contributed by atoms with van der Waals surface area (Å²) in [7, 11) is -2.45. The molecule has 11 heteroatoms. The zero-order valence-corrected chi connectivity index (χ0v) is 23.8. The number of halogens is 2. The molecule has 0 radical (unpaired) electrons. The van der Waals surface area contributed by atoms with Gasteiger partial charge >= 0.3 is 0 Å². The van der Waals surface area contributed by atoms with E-state index in [0.717, 1.165) is 41.8 Å². The Morgan fingerprint density at radius 2 is 1.78 bits per heavy atom. The molecule has 0 aliphatic heterocycles. The van der Waals surface area contributed by atoms with Crippen LogP contribution >= 0.6 is 23.2 Å². The molecule has 1 aliphatic rings. The first-order chi connectivity index (χ1) is 17.4. The van der Waals surface area contributed by atoms with Crippen molar-refractivity contribution in [3.63, 3.8) is 0 Å². The van der Waals surface area contributed by atoms with Gasteiger partial charge in [0, 0.05) is 12.6 Å². The first-order valence-electron chi connectivity index (χ1n) is 12.1. The van der Waals surface area contributed by atoms with Gasteiger partial charge in [-0.2, -0.15) is 0 Å². The van der Waals surface area contributed by atoms with E-state index < -0.39 is 28.5 Å². The lowest BCUT2D eigenvalue weighted by Gasteiger charge is -2.32. The van der Waals surface area contributed by atoms with Gasteiger partial charge in [-0.3, -0.25) is 13.9 Å². The second-order valence-electron chi connectivity index (χ2n) is 9.38. The van der Waals surface area contributed by atoms with Crippen LogP contribution in [0.25, 0.3) is 0 Å². The van der Waals surface area contributed by atoms with Crippen molar-refractivity contribution >= 4 is 50.7 Å². The number of hydrogen-bond acceptors (Lipinski definition) is 5. The summed E-state index contributed by atoms with van der Waals surface area (Å²) in [6.45, 7) is 2.98. The highest BCUT2D eigenvalue weighted by Gasteiger charge is 2.32. The van der Waals surface area contributed by atoms with Crippen LogP contribution in [0.2, 0.25) is 10.0 Å². The zero-order chi connectivity index (χ0) is 27.3. The third kappa shape index (κ3) is 7.52. The summed E-state index contributed by atoms with van der Waals surface area (Å²) in [6, 6.07) is 9.26. The van der Waals surface area contributed by atoms with E-state index in [9.17, 15) is 18.0 Å². The fourth-order valence-electron chi connectivity index (χ4n) is 4.40. The molecule has 202 valence electrons. The van der Waals surface area contributed by atoms with Crippen molar-refractivity contribution in [3.8, 4) is 5.75 Å². The molecule has 1 atom stereocenters. The zero-order valence-electron chi connectivity index (χ0n) is 21.5. The van der Waals surface area contributed by atoms with Gasteiger partial charge in [0.05, 0.1) is 29.1 Å². The molecule has 2 aromatic carbocycles. The molecule has 2 aromatic rings. The Labute approximate surface area is 228 Å². The van der Waals surface area contributed by atoms with E-state index in [2.05, 4.69) is 5.32 Å². The number of amides is 2. The van der Waals surface area contributed by atoms with Gasteiger partial charge in [0.1, 0.15) is 18.3 Å². The normalized spacial score (nSPS) is 14.8. The quantitative estimate of drug-likeness (QED) is 0.452. The lowest BCUT2D eigenvalue weighted by atomic mass is 10.1. The molecule has 0 bridgehead atoms. The van der Waals surface area contributed by atoms with Crippen LogP contribution in [0.4, 0.5) is 5.69 Å². The SMILES string of the molecule is COc1ccc(C)cc1N(CC(=O)N(Cc1ccc(Cl)c(Cl)c1)[C@@H](C)C(=O)NC1CCCC1)S(C)(=O)=O. The Kier molecular flexibility index (Phi) is 9.72. The Morgan fingerprint density at radius 1 is 1.11 bits per heavy atom. The maximum absolute atomic E-state index is 13.7. The molecule has 0 unspecified atom stereocenters. The lowest BCUT2D eigenvalue weighted by molar-refractivity contribution is -0.139. The Balaban J connectivity index is 1.95. The number of carbonyl (C=O) groups excluding carboxylic acids is 2. The largest absolute Gasteiger partial charge is 0.495 e. The first-order valence-corrected chi connectivity index (χ1v) is 14.7. The average molecular weight is 571 g/mol. The van der Waals surface area contributed by atoms with Crippen molar-refractivity contribution in [2.24, 2.45) is 0 Å². The van der Waals surface area contributed by atoms with Crippen LogP contribution in [-0.4, -0.2) is 57.1 Å². The molecule has 37 heavy (non-hydrogen) atoms. The number of carbonyl (C=O) groups is 2. The molecule has 1 saturated carbocycles. The fraction of sp³-hybridized carbons (Fsp3) is 0.462. The second-order valence-corrected chi connectivity index (χ2v) is 12.1. The number of anilines is 1. The van der Waals surface area contributed by atoms with Crippen molar-refractivity contribution in [2.45, 2.75) is 58.2 Å². The van der Waals surface area contributed by atoms with Gasteiger partial charge in [-0.1, -0.05) is 48.2 Å². The Morgan fingerprint density at radius 3 is 2.38 bits per heavy atom. The fourth-order valence-corrected chi connectivity index (χ4v) is 5.56. The smallest absolute Gasteiger partial charge is 0.244 e. The van der Waals surface area contributed by atoms with E-state index in [-0.39, 0.29) is 24.2 Å². The number of nitrogens with one attached hydrogen (secondary N) is 1. The summed E-state index contributed by atoms with van der Waals surface area (Å²) in [5.74, 6) is -0.527. The maximum Gasteiger partial charge on any atom is 0.244 e. The predicted molar refractivity (Wildman–Crippen MR) is 147 cm³/mol. The summed E-state index contributed by atoms with van der Waals surface area (Å²) < 4.78 is 32.0. The van der Waals surface area contributed by atoms with Crippen molar-refractivity contribution in [2.75, 3.05) is 24.2 Å². The highest BCUT2D eigenvalue weighted by molar-refractivity contribution is 7.92. The van der Waals surface area contributed by atoms with Gasteiger partial charge in [0.25, 0.3) is 0 Å². The van der Waals surface area contributed by atoms with E-state index in [1.54, 1.807) is 43.3 Å². The Hall–Kier alpha value is -2.49. The third-order valence-electron chi connectivity index (χ3n) is 6.49. The van der Waals surface area contributed by atoms with Crippen LogP contribution in [0.1, 0.15) is 43.7 Å². The number of rotatable bonds is 10. The Bertz CT molecular complexity index is 1250. The van der Waals surface area contributed by atoms with Gasteiger partial charge in [0.15, 0.2) is 0 Å². The highest BCUT2D eigenvalue weighted by atomic mass is 35.5. The highest BCUT2D eigenvalue weighted by Crippen LogP contribution is 2.31. The molecule has 8 nitrogen and oxygen atoms in total. The van der Waals surface area contributed by atoms with Crippen molar-refractivity contribution in [1.29, 1.82) is 0 Å². The van der Waals surface area contributed by atoms with Gasteiger partial charge in [-0.25, -0.2) is 8.42 Å². The number of nitrogens with zero attached hydrogens (tertiary/aromatic N) is 2. The first kappa shape index (κ1) is 29.1. The summed E-state index contributed by atoms with van der Waals surface area (Å²) in [5.41, 5.74) is 1.70. The average Bonchev–Trinajstić information content (AvgIpc) is 3.34.